The van der Waals surface area contributed by atoms with Gasteiger partial charge in [-0.05, 0) is 18.2 Å². The van der Waals surface area contributed by atoms with Gasteiger partial charge in [0.25, 0.3) is 0 Å². The molecule has 2 aromatic rings. The first-order chi connectivity index (χ1) is 9.33. The van der Waals surface area contributed by atoms with Crippen LogP contribution in [0.15, 0.2) is 59.6 Å². The first kappa shape index (κ1) is 12.0. The molecule has 5 heteroatoms. The lowest BCUT2D eigenvalue weighted by atomic mass is 10.2. The Balaban J connectivity index is 1.77. The molecule has 0 bridgehead atoms. The van der Waals surface area contributed by atoms with Crippen molar-refractivity contribution in [3.8, 4) is 0 Å². The van der Waals surface area contributed by atoms with E-state index in [2.05, 4.69) is 15.8 Å². The fraction of sp³-hybridized carbons (Fsp3) is 0.0714. The maximum absolute atomic E-state index is 6.11. The normalized spacial score (nSPS) is 17.7. The van der Waals surface area contributed by atoms with Gasteiger partial charge in [-0.15, -0.1) is 0 Å². The molecule has 4 nitrogen and oxygen atoms in total. The third kappa shape index (κ3) is 2.70. The molecule has 3 rings (SSSR count). The number of benzene rings is 2. The number of nitrogens with one attached hydrogen (secondary N) is 2. The van der Waals surface area contributed by atoms with E-state index in [1.54, 1.807) is 0 Å². The van der Waals surface area contributed by atoms with Crippen LogP contribution in [-0.4, -0.2) is 5.96 Å². The van der Waals surface area contributed by atoms with Crippen LogP contribution in [0.25, 0.3) is 0 Å². The van der Waals surface area contributed by atoms with Crippen LogP contribution >= 0.6 is 11.6 Å². The summed E-state index contributed by atoms with van der Waals surface area (Å²) in [6, 6.07) is 17.2. The summed E-state index contributed by atoms with van der Waals surface area (Å²) in [6.07, 6.45) is -0.431. The van der Waals surface area contributed by atoms with E-state index < -0.39 is 6.23 Å². The van der Waals surface area contributed by atoms with Crippen molar-refractivity contribution in [2.75, 3.05) is 5.32 Å². The van der Waals surface area contributed by atoms with Crippen LogP contribution in [0.3, 0.4) is 0 Å². The number of guanidine groups is 1. The number of rotatable bonds is 2. The molecule has 1 heterocycles. The predicted octanol–water partition coefficient (Wildman–Crippen LogP) is 3.34. The predicted molar refractivity (Wildman–Crippen MR) is 75.9 cm³/mol. The van der Waals surface area contributed by atoms with Crippen LogP contribution in [0.2, 0.25) is 5.02 Å². The van der Waals surface area contributed by atoms with Gasteiger partial charge in [0, 0.05) is 16.3 Å². The van der Waals surface area contributed by atoms with Gasteiger partial charge in [0.1, 0.15) is 0 Å². The molecule has 1 unspecified atom stereocenters. The average Bonchev–Trinajstić information content (AvgIpc) is 2.89. The lowest BCUT2D eigenvalue weighted by Gasteiger charge is -2.07. The van der Waals surface area contributed by atoms with Crippen LogP contribution in [0, 0.1) is 0 Å². The Bertz CT molecular complexity index is 601. The molecule has 1 aliphatic rings. The molecule has 19 heavy (non-hydrogen) atoms. The Morgan fingerprint density at radius 1 is 1.05 bits per heavy atom. The van der Waals surface area contributed by atoms with Gasteiger partial charge in [-0.1, -0.05) is 48.0 Å². The molecule has 2 N–H and O–H groups in total. The minimum atomic E-state index is -0.431. The van der Waals surface area contributed by atoms with Crippen molar-refractivity contribution in [1.29, 1.82) is 0 Å². The first-order valence-corrected chi connectivity index (χ1v) is 6.27. The van der Waals surface area contributed by atoms with Crippen LogP contribution in [0.1, 0.15) is 11.8 Å². The molecule has 0 spiro atoms. The molecule has 0 fully saturated rings. The maximum atomic E-state index is 6.11. The van der Waals surface area contributed by atoms with Crippen LogP contribution in [0.4, 0.5) is 5.69 Å². The van der Waals surface area contributed by atoms with Gasteiger partial charge in [0.05, 0.1) is 0 Å². The van der Waals surface area contributed by atoms with Crippen molar-refractivity contribution in [2.24, 2.45) is 4.99 Å². The molecule has 1 atom stereocenters. The van der Waals surface area contributed by atoms with Crippen molar-refractivity contribution < 1.29 is 4.84 Å². The largest absolute Gasteiger partial charge is 0.325 e. The molecular weight excluding hydrogens is 262 g/mol. The average molecular weight is 274 g/mol. The number of nitrogens with zero attached hydrogens (tertiary/aromatic N) is 1. The van der Waals surface area contributed by atoms with Crippen LogP contribution in [-0.2, 0) is 4.84 Å². The van der Waals surface area contributed by atoms with Crippen molar-refractivity contribution in [1.82, 2.24) is 5.48 Å². The second-order valence-electron chi connectivity index (χ2n) is 4.06. The molecule has 0 saturated heterocycles. The summed E-state index contributed by atoms with van der Waals surface area (Å²) in [5.74, 6) is 0.566. The van der Waals surface area contributed by atoms with E-state index in [1.807, 2.05) is 54.6 Å². The summed E-state index contributed by atoms with van der Waals surface area (Å²) in [6.45, 7) is 0. The highest BCUT2D eigenvalue weighted by atomic mass is 35.5. The summed E-state index contributed by atoms with van der Waals surface area (Å²) < 4.78 is 0. The number of hydrogen-bond acceptors (Lipinski definition) is 4. The lowest BCUT2D eigenvalue weighted by Crippen LogP contribution is -2.24. The minimum Gasteiger partial charge on any atom is -0.325 e. The zero-order chi connectivity index (χ0) is 13.1. The number of hydroxylamine groups is 1. The van der Waals surface area contributed by atoms with Gasteiger partial charge in [-0.2, -0.15) is 0 Å². The molecule has 0 aliphatic carbocycles. The lowest BCUT2D eigenvalue weighted by molar-refractivity contribution is 0.0376. The van der Waals surface area contributed by atoms with E-state index >= 15 is 0 Å². The highest BCUT2D eigenvalue weighted by Crippen LogP contribution is 2.28. The number of hydrogen-bond donors (Lipinski definition) is 2. The van der Waals surface area contributed by atoms with Crippen molar-refractivity contribution >= 4 is 23.2 Å². The monoisotopic (exact) mass is 273 g/mol. The number of para-hydroxylation sites is 1. The second-order valence-corrected chi connectivity index (χ2v) is 4.47. The Hall–Kier alpha value is -2.04. The molecule has 0 aromatic heterocycles. The zero-order valence-corrected chi connectivity index (χ0v) is 10.8. The smallest absolute Gasteiger partial charge is 0.223 e. The van der Waals surface area contributed by atoms with Crippen LogP contribution < -0.4 is 10.8 Å². The summed E-state index contributed by atoms with van der Waals surface area (Å²) in [5, 5.41) is 3.77. The van der Waals surface area contributed by atoms with E-state index in [0.717, 1.165) is 11.3 Å². The minimum absolute atomic E-state index is 0.431. The van der Waals surface area contributed by atoms with E-state index in [1.165, 1.54) is 0 Å². The van der Waals surface area contributed by atoms with Crippen molar-refractivity contribution in [3.63, 3.8) is 0 Å². The summed E-state index contributed by atoms with van der Waals surface area (Å²) in [7, 11) is 0. The molecule has 1 aliphatic heterocycles. The molecule has 0 saturated carbocycles. The molecule has 0 radical (unpaired) electrons. The van der Waals surface area contributed by atoms with Gasteiger partial charge in [-0.3, -0.25) is 0 Å². The number of halogens is 1. The Morgan fingerprint density at radius 2 is 1.79 bits per heavy atom. The number of aliphatic imine (C=N–C) groups is 1. The Labute approximate surface area is 116 Å². The summed E-state index contributed by atoms with van der Waals surface area (Å²) in [4.78, 5) is 9.81. The molecular formula is C14H12ClN3O. The van der Waals surface area contributed by atoms with E-state index in [9.17, 15) is 0 Å². The highest BCUT2D eigenvalue weighted by molar-refractivity contribution is 6.31. The SMILES string of the molecule is Clc1ccccc1C1N=C(Nc2ccccc2)NO1. The summed E-state index contributed by atoms with van der Waals surface area (Å²) >= 11 is 6.11. The third-order valence-corrected chi connectivity index (χ3v) is 3.07. The van der Waals surface area contributed by atoms with Crippen molar-refractivity contribution in [3.05, 3.63) is 65.2 Å². The van der Waals surface area contributed by atoms with Crippen LogP contribution in [0.5, 0.6) is 0 Å². The van der Waals surface area contributed by atoms with E-state index in [4.69, 9.17) is 16.4 Å². The van der Waals surface area contributed by atoms with Gasteiger partial charge in [0.2, 0.25) is 12.2 Å². The van der Waals surface area contributed by atoms with Gasteiger partial charge < -0.3 is 5.32 Å². The Kier molecular flexibility index (Phi) is 3.35. The first-order valence-electron chi connectivity index (χ1n) is 5.89. The third-order valence-electron chi connectivity index (χ3n) is 2.72. The van der Waals surface area contributed by atoms with Gasteiger partial charge in [0.15, 0.2) is 0 Å². The summed E-state index contributed by atoms with van der Waals surface area (Å²) in [5.41, 5.74) is 4.54. The van der Waals surface area contributed by atoms with E-state index in [0.29, 0.717) is 11.0 Å². The molecule has 2 aromatic carbocycles. The number of anilines is 1. The quantitative estimate of drug-likeness (QED) is 0.882. The topological polar surface area (TPSA) is 45.7 Å². The maximum Gasteiger partial charge on any atom is 0.223 e. The standard InChI is InChI=1S/C14H12ClN3O/c15-12-9-5-4-8-11(12)13-17-14(18-19-13)16-10-6-2-1-3-7-10/h1-9,13H,(H2,16,17,18). The highest BCUT2D eigenvalue weighted by Gasteiger charge is 2.21. The van der Waals surface area contributed by atoms with Crippen molar-refractivity contribution in [2.45, 2.75) is 6.23 Å². The fourth-order valence-electron chi connectivity index (χ4n) is 1.81. The van der Waals surface area contributed by atoms with Gasteiger partial charge >= 0.3 is 0 Å². The molecule has 96 valence electrons. The second kappa shape index (κ2) is 5.30. The Morgan fingerprint density at radius 3 is 2.58 bits per heavy atom. The van der Waals surface area contributed by atoms with Gasteiger partial charge in [-0.25, -0.2) is 15.3 Å². The fourth-order valence-corrected chi connectivity index (χ4v) is 2.04. The molecule has 0 amide bonds. The van der Waals surface area contributed by atoms with E-state index in [-0.39, 0.29) is 0 Å². The zero-order valence-electron chi connectivity index (χ0n) is 10.0.